The first kappa shape index (κ1) is 29.1. The van der Waals surface area contributed by atoms with E-state index in [1.807, 2.05) is 26.0 Å². The number of furan rings is 1. The predicted octanol–water partition coefficient (Wildman–Crippen LogP) is 0.0638. The highest BCUT2D eigenvalue weighted by molar-refractivity contribution is 8.00. The van der Waals surface area contributed by atoms with Crippen molar-refractivity contribution in [3.8, 4) is 0 Å². The minimum atomic E-state index is -1.77. The number of oxime groups is 1. The normalized spacial score (nSPS) is 19.0. The first-order valence-electron chi connectivity index (χ1n) is 12.6. The summed E-state index contributed by atoms with van der Waals surface area (Å²) in [4.78, 5) is 60.4. The van der Waals surface area contributed by atoms with Crippen LogP contribution in [0.25, 0.3) is 11.1 Å². The summed E-state index contributed by atoms with van der Waals surface area (Å²) in [5.41, 5.74) is 5.32. The van der Waals surface area contributed by atoms with Gasteiger partial charge in [0.15, 0.2) is 23.6 Å². The molecule has 0 bridgehead atoms. The van der Waals surface area contributed by atoms with Crippen LogP contribution in [0.15, 0.2) is 44.6 Å². The number of nitrogen functional groups attached to an aromatic ring is 1. The lowest BCUT2D eigenvalue weighted by molar-refractivity contribution is -0.669. The number of rotatable bonds is 9. The molecule has 5 heterocycles. The molecule has 0 radical (unpaired) electrons. The average molecular weight is 615 g/mol. The van der Waals surface area contributed by atoms with Crippen molar-refractivity contribution < 1.29 is 43.2 Å². The summed E-state index contributed by atoms with van der Waals surface area (Å²) in [6.07, 6.45) is 1.79. The predicted molar refractivity (Wildman–Crippen MR) is 149 cm³/mol. The maximum Gasteiger partial charge on any atom is 0.381 e. The van der Waals surface area contributed by atoms with Gasteiger partial charge in [-0.15, -0.1) is 23.1 Å². The van der Waals surface area contributed by atoms with Crippen LogP contribution in [-0.2, 0) is 30.6 Å². The smallest absolute Gasteiger partial charge is 0.381 e. The zero-order chi connectivity index (χ0) is 30.5. The number of thiazole rings is 1. The fraction of sp³-hybridized carbons (Fsp3) is 0.346. The van der Waals surface area contributed by atoms with Gasteiger partial charge in [0.1, 0.15) is 22.9 Å². The maximum absolute atomic E-state index is 13.3. The number of carbonyl (C=O) groups is 4. The molecule has 220 valence electrons. The number of aryl methyl sites for hydroxylation is 2. The second-order valence-corrected chi connectivity index (χ2v) is 12.2. The van der Waals surface area contributed by atoms with Crippen LogP contribution in [-0.4, -0.2) is 67.2 Å². The quantitative estimate of drug-likeness (QED) is 0.127. The Kier molecular flexibility index (Phi) is 7.44. The molecule has 2 atom stereocenters. The third kappa shape index (κ3) is 5.18. The van der Waals surface area contributed by atoms with E-state index in [1.54, 1.807) is 10.8 Å². The highest BCUT2D eigenvalue weighted by Gasteiger charge is 2.53. The molecule has 3 aromatic heterocycles. The molecule has 2 aliphatic rings. The van der Waals surface area contributed by atoms with E-state index in [-0.39, 0.29) is 28.8 Å². The second-order valence-electron chi connectivity index (χ2n) is 10.2. The zero-order valence-electron chi connectivity index (χ0n) is 22.9. The van der Waals surface area contributed by atoms with Crippen molar-refractivity contribution in [3.05, 3.63) is 52.0 Å². The number of fused-ring (bicyclic) bond motifs is 2. The summed E-state index contributed by atoms with van der Waals surface area (Å²) in [6.45, 7) is 6.40. The number of anilines is 1. The van der Waals surface area contributed by atoms with Crippen molar-refractivity contribution in [1.29, 1.82) is 0 Å². The Morgan fingerprint density at radius 2 is 2.12 bits per heavy atom. The van der Waals surface area contributed by atoms with Crippen molar-refractivity contribution in [3.63, 3.8) is 0 Å². The summed E-state index contributed by atoms with van der Waals surface area (Å²) in [6, 6.07) is 2.70. The molecule has 4 N–H and O–H groups in total. The Morgan fingerprint density at radius 3 is 2.76 bits per heavy atom. The van der Waals surface area contributed by atoms with Gasteiger partial charge in [-0.3, -0.25) is 14.5 Å². The largest absolute Gasteiger partial charge is 0.543 e. The van der Waals surface area contributed by atoms with Crippen LogP contribution in [0.1, 0.15) is 30.9 Å². The minimum absolute atomic E-state index is 0.0170. The topological polar surface area (TPSA) is 204 Å². The molecule has 16 heteroatoms. The zero-order valence-corrected chi connectivity index (χ0v) is 24.5. The van der Waals surface area contributed by atoms with E-state index in [1.165, 1.54) is 31.0 Å². The summed E-state index contributed by atoms with van der Waals surface area (Å²) in [5, 5.41) is 29.6. The van der Waals surface area contributed by atoms with Gasteiger partial charge in [0, 0.05) is 22.8 Å². The van der Waals surface area contributed by atoms with E-state index in [2.05, 4.69) is 15.5 Å². The van der Waals surface area contributed by atoms with Crippen molar-refractivity contribution in [2.24, 2.45) is 5.16 Å². The SMILES string of the molecule is Cc1cc2c(C)cc[n+](CC3=C(C(=O)[O-])N4C(=O)C(NC(=O)C(=NOC(C)(C)C(=O)O)c5csc(N)n5)[C@@H]4SC3)c2o1. The number of hydrogen-bond donors (Lipinski definition) is 3. The van der Waals surface area contributed by atoms with Crippen LogP contribution >= 0.6 is 23.1 Å². The Balaban J connectivity index is 1.39. The average Bonchev–Trinajstić information content (AvgIpc) is 3.54. The fourth-order valence-corrected chi connectivity index (χ4v) is 6.37. The van der Waals surface area contributed by atoms with Crippen LogP contribution in [0, 0.1) is 13.8 Å². The Hall–Kier alpha value is -4.44. The number of carbonyl (C=O) groups excluding carboxylic acids is 3. The number of nitrogens with zero attached hydrogens (tertiary/aromatic N) is 4. The van der Waals surface area contributed by atoms with Crippen LogP contribution in [0.5, 0.6) is 0 Å². The monoisotopic (exact) mass is 614 g/mol. The molecular formula is C26H26N6O8S2. The standard InChI is InChI=1S/C26H26N6O8S2/c1-11-5-6-31(21-14(11)7-12(2)39-21)8-13-9-41-22-17(20(34)32(22)18(13)23(35)36)29-19(33)16(15-10-42-25(27)28-15)30-40-26(3,4)24(37)38/h5-7,10,17,22H,8-9H2,1-4H3,(H4-,27,28,29,33,35,36,37,38)/t17?,22-/m0/s1. The molecule has 0 aliphatic carbocycles. The lowest BCUT2D eigenvalue weighted by Crippen LogP contribution is -2.71. The van der Waals surface area contributed by atoms with Gasteiger partial charge in [-0.2, -0.15) is 4.57 Å². The molecule has 42 heavy (non-hydrogen) atoms. The molecule has 0 aromatic carbocycles. The van der Waals surface area contributed by atoms with Gasteiger partial charge in [-0.05, 0) is 39.3 Å². The number of β-lactam (4-membered cyclic amide) rings is 1. The van der Waals surface area contributed by atoms with Gasteiger partial charge in [0.05, 0.1) is 17.1 Å². The number of amides is 2. The van der Waals surface area contributed by atoms with Gasteiger partial charge < -0.3 is 35.3 Å². The first-order valence-corrected chi connectivity index (χ1v) is 14.5. The van der Waals surface area contributed by atoms with E-state index in [0.29, 0.717) is 17.0 Å². The maximum atomic E-state index is 13.3. The van der Waals surface area contributed by atoms with Crippen LogP contribution < -0.4 is 20.7 Å². The van der Waals surface area contributed by atoms with Crippen LogP contribution in [0.2, 0.25) is 0 Å². The number of hydrogen-bond acceptors (Lipinski definition) is 12. The van der Waals surface area contributed by atoms with Crippen LogP contribution in [0.3, 0.4) is 0 Å². The molecular weight excluding hydrogens is 588 g/mol. The van der Waals surface area contributed by atoms with Gasteiger partial charge in [-0.25, -0.2) is 9.78 Å². The minimum Gasteiger partial charge on any atom is -0.543 e. The number of carboxylic acids is 2. The van der Waals surface area contributed by atoms with Gasteiger partial charge in [0.25, 0.3) is 11.8 Å². The molecule has 1 unspecified atom stereocenters. The molecule has 5 rings (SSSR count). The summed E-state index contributed by atoms with van der Waals surface area (Å²) >= 11 is 2.30. The van der Waals surface area contributed by atoms with Crippen molar-refractivity contribution >= 4 is 68.8 Å². The summed E-state index contributed by atoms with van der Waals surface area (Å²) in [5.74, 6) is -3.43. The van der Waals surface area contributed by atoms with E-state index in [9.17, 15) is 29.4 Å². The number of carboxylic acid groups (broad SMARTS) is 2. The van der Waals surface area contributed by atoms with Gasteiger partial charge in [0.2, 0.25) is 5.60 Å². The molecule has 14 nitrogen and oxygen atoms in total. The summed E-state index contributed by atoms with van der Waals surface area (Å²) < 4.78 is 7.63. The van der Waals surface area contributed by atoms with Gasteiger partial charge >= 0.3 is 11.7 Å². The first-order chi connectivity index (χ1) is 19.8. The molecule has 1 fully saturated rings. The third-order valence-electron chi connectivity index (χ3n) is 6.77. The number of thioether (sulfide) groups is 1. The lowest BCUT2D eigenvalue weighted by Gasteiger charge is -2.50. The summed E-state index contributed by atoms with van der Waals surface area (Å²) in [7, 11) is 0. The number of nitrogens with two attached hydrogens (primary N) is 1. The number of aliphatic carboxylic acids is 2. The van der Waals surface area contributed by atoms with Crippen LogP contribution in [0.4, 0.5) is 5.13 Å². The Bertz CT molecular complexity index is 1710. The number of aromatic nitrogens is 2. The second kappa shape index (κ2) is 10.8. The van der Waals surface area contributed by atoms with Crippen molar-refractivity contribution in [2.75, 3.05) is 11.5 Å². The van der Waals surface area contributed by atoms with Crippen molar-refractivity contribution in [1.82, 2.24) is 15.2 Å². The number of nitrogens with one attached hydrogen (secondary N) is 1. The molecule has 3 aromatic rings. The van der Waals surface area contributed by atoms with Crippen molar-refractivity contribution in [2.45, 2.75) is 51.3 Å². The van der Waals surface area contributed by atoms with E-state index in [4.69, 9.17) is 15.0 Å². The van der Waals surface area contributed by atoms with Gasteiger partial charge in [-0.1, -0.05) is 5.16 Å². The van der Waals surface area contributed by atoms with E-state index in [0.717, 1.165) is 27.2 Å². The highest BCUT2D eigenvalue weighted by atomic mass is 32.2. The lowest BCUT2D eigenvalue weighted by atomic mass is 10.0. The Labute approximate surface area is 246 Å². The molecule has 0 spiro atoms. The molecule has 2 amide bonds. The molecule has 0 saturated carbocycles. The fourth-order valence-electron chi connectivity index (χ4n) is 4.49. The number of pyridine rings is 1. The van der Waals surface area contributed by atoms with E-state index < -0.39 is 46.5 Å². The molecule has 1 saturated heterocycles. The highest BCUT2D eigenvalue weighted by Crippen LogP contribution is 2.40. The molecule has 2 aliphatic heterocycles. The van der Waals surface area contributed by atoms with E-state index >= 15 is 0 Å². The Morgan fingerprint density at radius 1 is 1.38 bits per heavy atom. The third-order valence-corrected chi connectivity index (χ3v) is 8.79.